The second-order valence-electron chi connectivity index (χ2n) is 5.41. The average Bonchev–Trinajstić information content (AvgIpc) is 3.10. The molecule has 2 aromatic rings. The summed E-state index contributed by atoms with van der Waals surface area (Å²) in [7, 11) is 1.93. The molecule has 1 atom stereocenters. The summed E-state index contributed by atoms with van der Waals surface area (Å²) in [5, 5.41) is 7.66. The van der Waals surface area contributed by atoms with Crippen LogP contribution in [0, 0.1) is 0 Å². The van der Waals surface area contributed by atoms with Crippen LogP contribution >= 0.6 is 0 Å². The molecule has 0 aromatic carbocycles. The Kier molecular flexibility index (Phi) is 3.58. The molecule has 1 N–H and O–H groups in total. The number of pyridine rings is 1. The van der Waals surface area contributed by atoms with E-state index < -0.39 is 0 Å². The summed E-state index contributed by atoms with van der Waals surface area (Å²) in [6.45, 7) is 4.39. The summed E-state index contributed by atoms with van der Waals surface area (Å²) in [6.07, 6.45) is 8.40. The maximum atomic E-state index is 4.56. The Bertz CT molecular complexity index is 554. The zero-order chi connectivity index (χ0) is 13.9. The number of nitrogens with one attached hydrogen (secondary N) is 1. The van der Waals surface area contributed by atoms with Gasteiger partial charge in [0.25, 0.3) is 0 Å². The highest BCUT2D eigenvalue weighted by Crippen LogP contribution is 2.22. The van der Waals surface area contributed by atoms with Crippen LogP contribution in [-0.2, 0) is 7.05 Å². The molecule has 5 nitrogen and oxygen atoms in total. The third kappa shape index (κ3) is 2.76. The zero-order valence-electron chi connectivity index (χ0n) is 12.1. The highest BCUT2D eigenvalue weighted by molar-refractivity contribution is 5.50. The molecule has 0 saturated carbocycles. The van der Waals surface area contributed by atoms with Crippen LogP contribution in [0.25, 0.3) is 0 Å². The second-order valence-corrected chi connectivity index (χ2v) is 5.41. The van der Waals surface area contributed by atoms with Gasteiger partial charge in [-0.2, -0.15) is 5.10 Å². The van der Waals surface area contributed by atoms with Gasteiger partial charge in [-0.1, -0.05) is 0 Å². The Hall–Kier alpha value is -2.04. The Morgan fingerprint density at radius 2 is 2.00 bits per heavy atom. The van der Waals surface area contributed by atoms with Crippen molar-refractivity contribution in [2.24, 2.45) is 7.05 Å². The standard InChI is InChI=1S/C15H21N5/c1-12(13-9-17-19(2)11-13)18-14-5-6-15(16-10-14)20-7-3-4-8-20/h5-6,9-12,18H,3-4,7-8H2,1-2H3. The summed E-state index contributed by atoms with van der Waals surface area (Å²) in [5.41, 5.74) is 2.22. The zero-order valence-corrected chi connectivity index (χ0v) is 12.1. The topological polar surface area (TPSA) is 46.0 Å². The molecule has 0 aliphatic carbocycles. The molecule has 3 rings (SSSR count). The molecule has 20 heavy (non-hydrogen) atoms. The normalized spacial score (nSPS) is 16.4. The van der Waals surface area contributed by atoms with Crippen molar-refractivity contribution >= 4 is 11.5 Å². The Labute approximate surface area is 119 Å². The molecule has 0 radical (unpaired) electrons. The fraction of sp³-hybridized carbons (Fsp3) is 0.467. The van der Waals surface area contributed by atoms with Crippen LogP contribution in [0.5, 0.6) is 0 Å². The third-order valence-corrected chi connectivity index (χ3v) is 3.79. The fourth-order valence-electron chi connectivity index (χ4n) is 2.60. The molecule has 1 saturated heterocycles. The number of hydrogen-bond donors (Lipinski definition) is 1. The molecule has 1 aliphatic heterocycles. The molecule has 5 heteroatoms. The summed E-state index contributed by atoms with van der Waals surface area (Å²) in [4.78, 5) is 6.90. The van der Waals surface area contributed by atoms with Crippen molar-refractivity contribution in [1.29, 1.82) is 0 Å². The van der Waals surface area contributed by atoms with Crippen LogP contribution in [-0.4, -0.2) is 27.9 Å². The number of aryl methyl sites for hydroxylation is 1. The maximum absolute atomic E-state index is 4.56. The smallest absolute Gasteiger partial charge is 0.128 e. The van der Waals surface area contributed by atoms with Gasteiger partial charge >= 0.3 is 0 Å². The highest BCUT2D eigenvalue weighted by atomic mass is 15.2. The van der Waals surface area contributed by atoms with Crippen molar-refractivity contribution in [2.75, 3.05) is 23.3 Å². The second kappa shape index (κ2) is 5.53. The first-order chi connectivity index (χ1) is 9.72. The van der Waals surface area contributed by atoms with E-state index in [1.807, 2.05) is 30.3 Å². The average molecular weight is 271 g/mol. The van der Waals surface area contributed by atoms with Crippen molar-refractivity contribution in [2.45, 2.75) is 25.8 Å². The summed E-state index contributed by atoms with van der Waals surface area (Å²) in [6, 6.07) is 4.43. The molecule has 0 spiro atoms. The fourth-order valence-corrected chi connectivity index (χ4v) is 2.60. The van der Waals surface area contributed by atoms with E-state index in [1.165, 1.54) is 18.4 Å². The SMILES string of the molecule is CC(Nc1ccc(N2CCCC2)nc1)c1cnn(C)c1. The lowest BCUT2D eigenvalue weighted by atomic mass is 10.2. The van der Waals surface area contributed by atoms with Crippen molar-refractivity contribution in [3.05, 3.63) is 36.3 Å². The number of anilines is 2. The maximum Gasteiger partial charge on any atom is 0.128 e. The lowest BCUT2D eigenvalue weighted by molar-refractivity contribution is 0.765. The van der Waals surface area contributed by atoms with E-state index >= 15 is 0 Å². The number of hydrogen-bond acceptors (Lipinski definition) is 4. The van der Waals surface area contributed by atoms with Crippen molar-refractivity contribution in [3.63, 3.8) is 0 Å². The first kappa shape index (κ1) is 13.0. The first-order valence-electron chi connectivity index (χ1n) is 7.18. The summed E-state index contributed by atoms with van der Waals surface area (Å²) < 4.78 is 1.82. The molecule has 2 aromatic heterocycles. The predicted molar refractivity (Wildman–Crippen MR) is 80.9 cm³/mol. The van der Waals surface area contributed by atoms with Crippen LogP contribution < -0.4 is 10.2 Å². The predicted octanol–water partition coefficient (Wildman–Crippen LogP) is 2.59. The quantitative estimate of drug-likeness (QED) is 0.928. The van der Waals surface area contributed by atoms with E-state index in [1.54, 1.807) is 0 Å². The molecule has 1 fully saturated rings. The Balaban J connectivity index is 1.65. The molecule has 0 amide bonds. The lowest BCUT2D eigenvalue weighted by Crippen LogP contribution is -2.18. The van der Waals surface area contributed by atoms with E-state index in [4.69, 9.17) is 0 Å². The molecule has 1 aliphatic rings. The Morgan fingerprint density at radius 1 is 1.20 bits per heavy atom. The van der Waals surface area contributed by atoms with Crippen molar-refractivity contribution < 1.29 is 0 Å². The van der Waals surface area contributed by atoms with Crippen molar-refractivity contribution in [3.8, 4) is 0 Å². The van der Waals surface area contributed by atoms with Gasteiger partial charge in [0.05, 0.1) is 24.1 Å². The van der Waals surface area contributed by atoms with Gasteiger partial charge in [-0.3, -0.25) is 4.68 Å². The highest BCUT2D eigenvalue weighted by Gasteiger charge is 2.13. The molecule has 1 unspecified atom stereocenters. The van der Waals surface area contributed by atoms with Gasteiger partial charge in [0.1, 0.15) is 5.82 Å². The largest absolute Gasteiger partial charge is 0.377 e. The van der Waals surface area contributed by atoms with Gasteiger partial charge in [0, 0.05) is 31.9 Å². The molecule has 106 valence electrons. The summed E-state index contributed by atoms with van der Waals surface area (Å²) in [5.74, 6) is 1.09. The molecular formula is C15H21N5. The van der Waals surface area contributed by atoms with Gasteiger partial charge in [-0.25, -0.2) is 4.98 Å². The van der Waals surface area contributed by atoms with Gasteiger partial charge in [-0.15, -0.1) is 0 Å². The number of nitrogens with zero attached hydrogens (tertiary/aromatic N) is 4. The van der Waals surface area contributed by atoms with E-state index in [9.17, 15) is 0 Å². The van der Waals surface area contributed by atoms with E-state index in [-0.39, 0.29) is 6.04 Å². The van der Waals surface area contributed by atoms with Gasteiger partial charge in [0.2, 0.25) is 0 Å². The minimum absolute atomic E-state index is 0.225. The minimum Gasteiger partial charge on any atom is -0.377 e. The summed E-state index contributed by atoms with van der Waals surface area (Å²) >= 11 is 0. The number of aromatic nitrogens is 3. The monoisotopic (exact) mass is 271 g/mol. The number of rotatable bonds is 4. The van der Waals surface area contributed by atoms with Gasteiger partial charge < -0.3 is 10.2 Å². The van der Waals surface area contributed by atoms with Gasteiger partial charge in [0.15, 0.2) is 0 Å². The lowest BCUT2D eigenvalue weighted by Gasteiger charge is -2.18. The molecule has 3 heterocycles. The van der Waals surface area contributed by atoms with Crippen molar-refractivity contribution in [1.82, 2.24) is 14.8 Å². The minimum atomic E-state index is 0.225. The van der Waals surface area contributed by atoms with Crippen LogP contribution in [0.4, 0.5) is 11.5 Å². The van der Waals surface area contributed by atoms with E-state index in [2.05, 4.69) is 39.4 Å². The van der Waals surface area contributed by atoms with E-state index in [0.717, 1.165) is 24.6 Å². The third-order valence-electron chi connectivity index (χ3n) is 3.79. The Morgan fingerprint density at radius 3 is 2.60 bits per heavy atom. The van der Waals surface area contributed by atoms with E-state index in [0.29, 0.717) is 0 Å². The van der Waals surface area contributed by atoms with Crippen LogP contribution in [0.1, 0.15) is 31.4 Å². The van der Waals surface area contributed by atoms with Crippen LogP contribution in [0.15, 0.2) is 30.7 Å². The van der Waals surface area contributed by atoms with Crippen LogP contribution in [0.2, 0.25) is 0 Å². The first-order valence-corrected chi connectivity index (χ1v) is 7.18. The molecular weight excluding hydrogens is 250 g/mol. The molecule has 0 bridgehead atoms. The van der Waals surface area contributed by atoms with Gasteiger partial charge in [-0.05, 0) is 31.9 Å². The van der Waals surface area contributed by atoms with Crippen LogP contribution in [0.3, 0.4) is 0 Å².